The summed E-state index contributed by atoms with van der Waals surface area (Å²) in [5, 5.41) is 10.0. The van der Waals surface area contributed by atoms with E-state index in [1.165, 1.54) is 11.1 Å². The number of nitrogens with one attached hydrogen (secondary N) is 2. The number of aromatic nitrogens is 3. The Bertz CT molecular complexity index is 574. The number of carbonyl (C=O) groups excluding carboxylic acids is 1. The lowest BCUT2D eigenvalue weighted by Gasteiger charge is -2.01. The molecule has 0 bridgehead atoms. The lowest BCUT2D eigenvalue weighted by Crippen LogP contribution is -2.25. The molecule has 21 heavy (non-hydrogen) atoms. The first-order valence-electron chi connectivity index (χ1n) is 7.39. The van der Waals surface area contributed by atoms with Crippen LogP contribution < -0.4 is 5.32 Å². The van der Waals surface area contributed by atoms with E-state index in [9.17, 15) is 4.79 Å². The quantitative estimate of drug-likeness (QED) is 0.819. The zero-order valence-corrected chi connectivity index (χ0v) is 12.6. The second-order valence-corrected chi connectivity index (χ2v) is 5.21. The third-order valence-corrected chi connectivity index (χ3v) is 3.22. The van der Waals surface area contributed by atoms with Crippen LogP contribution in [0.15, 0.2) is 24.3 Å². The summed E-state index contributed by atoms with van der Waals surface area (Å²) in [7, 11) is 0. The molecule has 0 spiro atoms. The number of hydrogen-bond donors (Lipinski definition) is 2. The summed E-state index contributed by atoms with van der Waals surface area (Å²) < 4.78 is 0. The van der Waals surface area contributed by atoms with Crippen LogP contribution in [0.5, 0.6) is 0 Å². The standard InChI is InChI=1S/C16H22N4O/c1-3-4-16(21)17-10-9-14-18-15(20-19-14)11-13-7-5-12(2)6-8-13/h5-8H,3-4,9-11H2,1-2H3,(H,17,21)(H,18,19,20). The maximum atomic E-state index is 11.3. The van der Waals surface area contributed by atoms with E-state index in [1.54, 1.807) is 0 Å². The van der Waals surface area contributed by atoms with Crippen molar-refractivity contribution in [2.24, 2.45) is 0 Å². The van der Waals surface area contributed by atoms with E-state index in [0.29, 0.717) is 19.4 Å². The Hall–Kier alpha value is -2.17. The first-order valence-corrected chi connectivity index (χ1v) is 7.39. The van der Waals surface area contributed by atoms with E-state index >= 15 is 0 Å². The van der Waals surface area contributed by atoms with Crippen LogP contribution in [0, 0.1) is 6.92 Å². The average Bonchev–Trinajstić information content (AvgIpc) is 2.89. The first kappa shape index (κ1) is 15.2. The fourth-order valence-electron chi connectivity index (χ4n) is 2.05. The molecule has 0 aliphatic heterocycles. The lowest BCUT2D eigenvalue weighted by atomic mass is 10.1. The fourth-order valence-corrected chi connectivity index (χ4v) is 2.05. The molecule has 2 N–H and O–H groups in total. The molecular weight excluding hydrogens is 264 g/mol. The molecule has 0 aliphatic carbocycles. The fraction of sp³-hybridized carbons (Fsp3) is 0.438. The van der Waals surface area contributed by atoms with E-state index in [4.69, 9.17) is 0 Å². The van der Waals surface area contributed by atoms with Gasteiger partial charge in [0.1, 0.15) is 5.82 Å². The maximum absolute atomic E-state index is 11.3. The van der Waals surface area contributed by atoms with Crippen molar-refractivity contribution in [2.45, 2.75) is 39.5 Å². The molecule has 1 heterocycles. The summed E-state index contributed by atoms with van der Waals surface area (Å²) in [4.78, 5) is 15.8. The molecule has 0 unspecified atom stereocenters. The summed E-state index contributed by atoms with van der Waals surface area (Å²) in [6.45, 7) is 4.65. The third kappa shape index (κ3) is 5.02. The lowest BCUT2D eigenvalue weighted by molar-refractivity contribution is -0.121. The maximum Gasteiger partial charge on any atom is 0.219 e. The molecule has 0 saturated carbocycles. The van der Waals surface area contributed by atoms with Crippen molar-refractivity contribution in [1.29, 1.82) is 0 Å². The smallest absolute Gasteiger partial charge is 0.219 e. The molecule has 0 atom stereocenters. The van der Waals surface area contributed by atoms with Crippen LogP contribution in [0.4, 0.5) is 0 Å². The van der Waals surface area contributed by atoms with Crippen LogP contribution >= 0.6 is 0 Å². The number of amides is 1. The van der Waals surface area contributed by atoms with Gasteiger partial charge in [-0.05, 0) is 18.9 Å². The molecule has 5 heteroatoms. The van der Waals surface area contributed by atoms with E-state index in [1.807, 2.05) is 6.92 Å². The summed E-state index contributed by atoms with van der Waals surface area (Å²) >= 11 is 0. The van der Waals surface area contributed by atoms with Gasteiger partial charge in [0.2, 0.25) is 5.91 Å². The monoisotopic (exact) mass is 286 g/mol. The highest BCUT2D eigenvalue weighted by Gasteiger charge is 2.05. The number of rotatable bonds is 7. The molecule has 5 nitrogen and oxygen atoms in total. The molecule has 1 aromatic carbocycles. The molecular formula is C16H22N4O. The van der Waals surface area contributed by atoms with Gasteiger partial charge in [-0.15, -0.1) is 0 Å². The Morgan fingerprint density at radius 1 is 1.29 bits per heavy atom. The predicted octanol–water partition coefficient (Wildman–Crippen LogP) is 2.16. The van der Waals surface area contributed by atoms with Crippen molar-refractivity contribution in [2.75, 3.05) is 6.54 Å². The van der Waals surface area contributed by atoms with Crippen LogP contribution in [0.2, 0.25) is 0 Å². The first-order chi connectivity index (χ1) is 10.2. The van der Waals surface area contributed by atoms with Crippen molar-refractivity contribution in [3.8, 4) is 0 Å². The van der Waals surface area contributed by atoms with Crippen LogP contribution in [0.3, 0.4) is 0 Å². The Kier molecular flexibility index (Phi) is 5.49. The van der Waals surface area contributed by atoms with Gasteiger partial charge in [-0.3, -0.25) is 9.89 Å². The number of H-pyrrole nitrogens is 1. The van der Waals surface area contributed by atoms with E-state index < -0.39 is 0 Å². The predicted molar refractivity (Wildman–Crippen MR) is 82.0 cm³/mol. The van der Waals surface area contributed by atoms with Gasteiger partial charge in [0, 0.05) is 25.8 Å². The van der Waals surface area contributed by atoms with Gasteiger partial charge in [0.25, 0.3) is 0 Å². The highest BCUT2D eigenvalue weighted by molar-refractivity contribution is 5.75. The van der Waals surface area contributed by atoms with Crippen molar-refractivity contribution < 1.29 is 4.79 Å². The molecule has 0 fully saturated rings. The molecule has 1 aromatic heterocycles. The normalized spacial score (nSPS) is 10.6. The molecule has 1 amide bonds. The molecule has 0 saturated heterocycles. The molecule has 0 aliphatic rings. The largest absolute Gasteiger partial charge is 0.356 e. The van der Waals surface area contributed by atoms with Crippen LogP contribution in [0.1, 0.15) is 42.5 Å². The van der Waals surface area contributed by atoms with Crippen LogP contribution in [0.25, 0.3) is 0 Å². The van der Waals surface area contributed by atoms with E-state index in [-0.39, 0.29) is 5.91 Å². The molecule has 2 rings (SSSR count). The van der Waals surface area contributed by atoms with Gasteiger partial charge in [-0.2, -0.15) is 5.10 Å². The van der Waals surface area contributed by atoms with Crippen molar-refractivity contribution >= 4 is 5.91 Å². The zero-order valence-electron chi connectivity index (χ0n) is 12.6. The van der Waals surface area contributed by atoms with Gasteiger partial charge in [-0.25, -0.2) is 4.98 Å². The zero-order chi connectivity index (χ0) is 15.1. The van der Waals surface area contributed by atoms with Crippen LogP contribution in [-0.4, -0.2) is 27.6 Å². The van der Waals surface area contributed by atoms with E-state index in [2.05, 4.69) is 51.7 Å². The minimum absolute atomic E-state index is 0.0907. The number of benzene rings is 1. The van der Waals surface area contributed by atoms with E-state index in [0.717, 1.165) is 24.5 Å². The number of aromatic amines is 1. The minimum atomic E-state index is 0.0907. The summed E-state index contributed by atoms with van der Waals surface area (Å²) in [5.41, 5.74) is 2.46. The Morgan fingerprint density at radius 2 is 2.05 bits per heavy atom. The van der Waals surface area contributed by atoms with Gasteiger partial charge < -0.3 is 5.32 Å². The summed E-state index contributed by atoms with van der Waals surface area (Å²) in [5.74, 6) is 1.69. The van der Waals surface area contributed by atoms with Gasteiger partial charge in [0.05, 0.1) is 0 Å². The number of aryl methyl sites for hydroxylation is 1. The molecule has 0 radical (unpaired) electrons. The Morgan fingerprint density at radius 3 is 2.76 bits per heavy atom. The van der Waals surface area contributed by atoms with Gasteiger partial charge >= 0.3 is 0 Å². The Labute approximate surface area is 125 Å². The number of nitrogens with zero attached hydrogens (tertiary/aromatic N) is 2. The second-order valence-electron chi connectivity index (χ2n) is 5.21. The molecule has 112 valence electrons. The van der Waals surface area contributed by atoms with Crippen molar-refractivity contribution in [3.05, 3.63) is 47.0 Å². The van der Waals surface area contributed by atoms with Gasteiger partial charge in [0.15, 0.2) is 5.82 Å². The highest BCUT2D eigenvalue weighted by atomic mass is 16.1. The van der Waals surface area contributed by atoms with Crippen LogP contribution in [-0.2, 0) is 17.6 Å². The Balaban J connectivity index is 1.81. The summed E-state index contributed by atoms with van der Waals surface area (Å²) in [6, 6.07) is 8.39. The van der Waals surface area contributed by atoms with Crippen molar-refractivity contribution in [3.63, 3.8) is 0 Å². The molecule has 2 aromatic rings. The minimum Gasteiger partial charge on any atom is -0.356 e. The topological polar surface area (TPSA) is 70.7 Å². The third-order valence-electron chi connectivity index (χ3n) is 3.22. The summed E-state index contributed by atoms with van der Waals surface area (Å²) in [6.07, 6.45) is 2.84. The van der Waals surface area contributed by atoms with Gasteiger partial charge in [-0.1, -0.05) is 36.8 Å². The SMILES string of the molecule is CCCC(=O)NCCc1n[nH]c(Cc2ccc(C)cc2)n1. The second kappa shape index (κ2) is 7.57. The average molecular weight is 286 g/mol. The highest BCUT2D eigenvalue weighted by Crippen LogP contribution is 2.07. The number of hydrogen-bond acceptors (Lipinski definition) is 3. The number of carbonyl (C=O) groups is 1. The van der Waals surface area contributed by atoms with Crippen molar-refractivity contribution in [1.82, 2.24) is 20.5 Å².